The van der Waals surface area contributed by atoms with E-state index in [0.717, 1.165) is 11.0 Å². The Morgan fingerprint density at radius 2 is 2.29 bits per heavy atom. The maximum atomic E-state index is 13.1. The number of rotatable bonds is 2. The summed E-state index contributed by atoms with van der Waals surface area (Å²) in [6, 6.07) is 3.66. The summed E-state index contributed by atoms with van der Waals surface area (Å²) in [5.41, 5.74) is 0.149. The van der Waals surface area contributed by atoms with Gasteiger partial charge in [0.2, 0.25) is 0 Å². The lowest BCUT2D eigenvalue weighted by molar-refractivity contribution is -0.137. The summed E-state index contributed by atoms with van der Waals surface area (Å²) in [6.07, 6.45) is -0.771. The van der Waals surface area contributed by atoms with Gasteiger partial charge in [-0.1, -0.05) is 0 Å². The van der Waals surface area contributed by atoms with Crippen molar-refractivity contribution in [2.24, 2.45) is 0 Å². The van der Waals surface area contributed by atoms with E-state index in [0.29, 0.717) is 5.75 Å². The largest absolute Gasteiger partial charge is 0.480 e. The van der Waals surface area contributed by atoms with Crippen LogP contribution in [0.3, 0.4) is 0 Å². The smallest absolute Gasteiger partial charge is 0.323 e. The first-order chi connectivity index (χ1) is 7.99. The first-order valence-corrected chi connectivity index (χ1v) is 4.98. The number of nitrogens with zero attached hydrogens (tertiary/aromatic N) is 1. The van der Waals surface area contributed by atoms with Gasteiger partial charge in [0, 0.05) is 6.07 Å². The van der Waals surface area contributed by atoms with Crippen LogP contribution >= 0.6 is 0 Å². The number of ether oxygens (including phenoxy) is 1. The number of carboxylic acid groups (broad SMARTS) is 1. The zero-order chi connectivity index (χ0) is 12.6. The molecule has 5 nitrogen and oxygen atoms in total. The molecule has 1 N–H and O–H groups in total. The molecule has 17 heavy (non-hydrogen) atoms. The van der Waals surface area contributed by atoms with Crippen molar-refractivity contribution in [3.8, 4) is 5.75 Å². The molecule has 2 rings (SSSR count). The number of carbonyl (C=O) groups excluding carboxylic acids is 1. The average molecular weight is 239 g/mol. The molecule has 0 bridgehead atoms. The van der Waals surface area contributed by atoms with Crippen molar-refractivity contribution in [2.45, 2.75) is 13.0 Å². The van der Waals surface area contributed by atoms with E-state index in [2.05, 4.69) is 0 Å². The summed E-state index contributed by atoms with van der Waals surface area (Å²) in [4.78, 5) is 23.4. The van der Waals surface area contributed by atoms with Crippen LogP contribution in [0.25, 0.3) is 0 Å². The Balaban J connectivity index is 2.46. The lowest BCUT2D eigenvalue weighted by Gasteiger charge is -2.31. The first-order valence-electron chi connectivity index (χ1n) is 4.98. The summed E-state index contributed by atoms with van der Waals surface area (Å²) >= 11 is 0. The van der Waals surface area contributed by atoms with E-state index in [1.165, 1.54) is 19.1 Å². The number of aliphatic carboxylic acids is 1. The lowest BCUT2D eigenvalue weighted by atomic mass is 10.2. The number of hydrogen-bond acceptors (Lipinski definition) is 3. The molecule has 0 fully saturated rings. The second-order valence-electron chi connectivity index (χ2n) is 3.69. The van der Waals surface area contributed by atoms with Crippen LogP contribution < -0.4 is 9.64 Å². The summed E-state index contributed by atoms with van der Waals surface area (Å²) in [5, 5.41) is 8.74. The number of amides is 1. The van der Waals surface area contributed by atoms with Crippen LogP contribution in [0.5, 0.6) is 5.75 Å². The molecule has 6 heteroatoms. The fourth-order valence-corrected chi connectivity index (χ4v) is 1.68. The van der Waals surface area contributed by atoms with Gasteiger partial charge in [-0.2, -0.15) is 0 Å². The van der Waals surface area contributed by atoms with Crippen LogP contribution in [0.1, 0.15) is 6.92 Å². The molecule has 1 aliphatic heterocycles. The van der Waals surface area contributed by atoms with E-state index in [4.69, 9.17) is 9.84 Å². The maximum absolute atomic E-state index is 13.1. The van der Waals surface area contributed by atoms with Crippen molar-refractivity contribution in [1.82, 2.24) is 0 Å². The molecular formula is C11H10FNO4. The van der Waals surface area contributed by atoms with Crippen LogP contribution in [-0.4, -0.2) is 29.6 Å². The molecule has 1 aromatic rings. The highest BCUT2D eigenvalue weighted by Gasteiger charge is 2.32. The Morgan fingerprint density at radius 3 is 2.94 bits per heavy atom. The second kappa shape index (κ2) is 4.04. The molecule has 0 spiro atoms. The summed E-state index contributed by atoms with van der Waals surface area (Å²) in [5.74, 6) is -1.90. The number of anilines is 1. The van der Waals surface area contributed by atoms with Crippen LogP contribution in [0.2, 0.25) is 0 Å². The molecule has 90 valence electrons. The topological polar surface area (TPSA) is 66.8 Å². The molecule has 1 aliphatic rings. The van der Waals surface area contributed by atoms with Crippen molar-refractivity contribution in [3.05, 3.63) is 24.0 Å². The fraction of sp³-hybridized carbons (Fsp3) is 0.273. The zero-order valence-electron chi connectivity index (χ0n) is 9.01. The highest BCUT2D eigenvalue weighted by Crippen LogP contribution is 2.34. The van der Waals surface area contributed by atoms with Gasteiger partial charge in [0.15, 0.2) is 6.10 Å². The standard InChI is InChI=1S/C11H10FNO4/c1-6-11(16)13(5-10(14)15)8-4-7(12)2-3-9(8)17-6/h2-4,6H,5H2,1H3,(H,14,15). The van der Waals surface area contributed by atoms with Crippen LogP contribution in [-0.2, 0) is 9.59 Å². The van der Waals surface area contributed by atoms with Crippen molar-refractivity contribution in [3.63, 3.8) is 0 Å². The highest BCUT2D eigenvalue weighted by atomic mass is 19.1. The number of carboxylic acids is 1. The summed E-state index contributed by atoms with van der Waals surface area (Å²) in [6.45, 7) is 1.01. The quantitative estimate of drug-likeness (QED) is 0.836. The van der Waals surface area contributed by atoms with Gasteiger partial charge in [-0.05, 0) is 19.1 Å². The predicted octanol–water partition coefficient (Wildman–Crippen LogP) is 1.02. The molecule has 0 radical (unpaired) electrons. The SMILES string of the molecule is CC1Oc2ccc(F)cc2N(CC(=O)O)C1=O. The van der Waals surface area contributed by atoms with E-state index < -0.39 is 30.3 Å². The van der Waals surface area contributed by atoms with Crippen LogP contribution in [0, 0.1) is 5.82 Å². The number of carbonyl (C=O) groups is 2. The van der Waals surface area contributed by atoms with Gasteiger partial charge in [0.1, 0.15) is 18.1 Å². The van der Waals surface area contributed by atoms with Crippen molar-refractivity contribution in [2.75, 3.05) is 11.4 Å². The van der Waals surface area contributed by atoms with E-state index in [1.807, 2.05) is 0 Å². The van der Waals surface area contributed by atoms with Crippen LogP contribution in [0.4, 0.5) is 10.1 Å². The molecular weight excluding hydrogens is 229 g/mol. The third-order valence-electron chi connectivity index (χ3n) is 2.42. The van der Waals surface area contributed by atoms with E-state index in [9.17, 15) is 14.0 Å². The molecule has 0 saturated heterocycles. The van der Waals surface area contributed by atoms with Gasteiger partial charge in [0.25, 0.3) is 5.91 Å². The number of fused-ring (bicyclic) bond motifs is 1. The molecule has 0 saturated carbocycles. The second-order valence-corrected chi connectivity index (χ2v) is 3.69. The normalized spacial score (nSPS) is 18.6. The van der Waals surface area contributed by atoms with E-state index in [-0.39, 0.29) is 5.69 Å². The van der Waals surface area contributed by atoms with Gasteiger partial charge in [-0.15, -0.1) is 0 Å². The Bertz CT molecular complexity index is 488. The molecule has 1 atom stereocenters. The predicted molar refractivity (Wildman–Crippen MR) is 56.5 cm³/mol. The average Bonchev–Trinajstić information content (AvgIpc) is 2.25. The fourth-order valence-electron chi connectivity index (χ4n) is 1.68. The minimum absolute atomic E-state index is 0.149. The monoisotopic (exact) mass is 239 g/mol. The van der Waals surface area contributed by atoms with Gasteiger partial charge < -0.3 is 9.84 Å². The van der Waals surface area contributed by atoms with Crippen molar-refractivity contribution >= 4 is 17.6 Å². The Kier molecular flexibility index (Phi) is 2.71. The van der Waals surface area contributed by atoms with E-state index in [1.54, 1.807) is 0 Å². The third-order valence-corrected chi connectivity index (χ3v) is 2.42. The Hall–Kier alpha value is -2.11. The highest BCUT2D eigenvalue weighted by molar-refractivity contribution is 6.02. The third kappa shape index (κ3) is 2.06. The van der Waals surface area contributed by atoms with Gasteiger partial charge in [0.05, 0.1) is 5.69 Å². The summed E-state index contributed by atoms with van der Waals surface area (Å²) in [7, 11) is 0. The van der Waals surface area contributed by atoms with Crippen molar-refractivity contribution in [1.29, 1.82) is 0 Å². The Labute approximate surface area is 96.4 Å². The number of hydrogen-bond donors (Lipinski definition) is 1. The Morgan fingerprint density at radius 1 is 1.59 bits per heavy atom. The minimum Gasteiger partial charge on any atom is -0.480 e. The van der Waals surface area contributed by atoms with Crippen molar-refractivity contribution < 1.29 is 23.8 Å². The molecule has 0 aromatic heterocycles. The van der Waals surface area contributed by atoms with Gasteiger partial charge in [-0.25, -0.2) is 4.39 Å². The molecule has 0 aliphatic carbocycles. The number of halogens is 1. The molecule has 1 unspecified atom stereocenters. The maximum Gasteiger partial charge on any atom is 0.323 e. The number of benzene rings is 1. The zero-order valence-corrected chi connectivity index (χ0v) is 9.01. The van der Waals surface area contributed by atoms with Gasteiger partial charge >= 0.3 is 5.97 Å². The molecule has 1 amide bonds. The minimum atomic E-state index is -1.16. The van der Waals surface area contributed by atoms with Gasteiger partial charge in [-0.3, -0.25) is 14.5 Å². The molecule has 1 aromatic carbocycles. The van der Waals surface area contributed by atoms with Crippen LogP contribution in [0.15, 0.2) is 18.2 Å². The van der Waals surface area contributed by atoms with E-state index >= 15 is 0 Å². The first kappa shape index (κ1) is 11.4. The lowest BCUT2D eigenvalue weighted by Crippen LogP contribution is -2.46. The molecule has 1 heterocycles. The summed E-state index contributed by atoms with van der Waals surface area (Å²) < 4.78 is 18.3.